The molecule has 86 valence electrons. The Kier molecular flexibility index (Phi) is 2.48. The van der Waals surface area contributed by atoms with Crippen molar-refractivity contribution in [1.82, 2.24) is 5.32 Å². The number of benzene rings is 1. The van der Waals surface area contributed by atoms with Gasteiger partial charge in [0.15, 0.2) is 11.5 Å². The van der Waals surface area contributed by atoms with Gasteiger partial charge in [-0.25, -0.2) is 0 Å². The van der Waals surface area contributed by atoms with E-state index in [0.29, 0.717) is 19.3 Å². The molecule has 0 amide bonds. The number of ether oxygens (including phenoxy) is 2. The minimum absolute atomic E-state index is 0.441. The van der Waals surface area contributed by atoms with Crippen LogP contribution in [0.1, 0.15) is 30.0 Å². The maximum absolute atomic E-state index is 5.78. The summed E-state index contributed by atoms with van der Waals surface area (Å²) in [5.41, 5.74) is 2.43. The molecular formula is C13H17NO2. The molecule has 2 aliphatic rings. The lowest BCUT2D eigenvalue weighted by Gasteiger charge is -2.25. The molecule has 16 heavy (non-hydrogen) atoms. The maximum atomic E-state index is 5.78. The Bertz CT molecular complexity index is 397. The minimum atomic E-state index is 0.441. The quantitative estimate of drug-likeness (QED) is 0.785. The Morgan fingerprint density at radius 3 is 2.75 bits per heavy atom. The van der Waals surface area contributed by atoms with Gasteiger partial charge in [-0.3, -0.25) is 0 Å². The highest BCUT2D eigenvalue weighted by atomic mass is 16.6. The standard InChI is InChI=1S/C13H17NO2/c1-9-4-5-10(11-3-2-6-14-11)13-12(9)15-7-8-16-13/h4-5,11,14H,2-3,6-8H2,1H3. The first-order valence-corrected chi connectivity index (χ1v) is 5.99. The average molecular weight is 219 g/mol. The van der Waals surface area contributed by atoms with Crippen molar-refractivity contribution in [3.8, 4) is 11.5 Å². The van der Waals surface area contributed by atoms with Gasteiger partial charge in [-0.05, 0) is 31.9 Å². The van der Waals surface area contributed by atoms with Gasteiger partial charge in [-0.2, -0.15) is 0 Å². The molecule has 1 N–H and O–H groups in total. The lowest BCUT2D eigenvalue weighted by molar-refractivity contribution is 0.168. The van der Waals surface area contributed by atoms with Crippen molar-refractivity contribution in [2.75, 3.05) is 19.8 Å². The molecule has 0 spiro atoms. The fourth-order valence-electron chi connectivity index (χ4n) is 2.52. The van der Waals surface area contributed by atoms with E-state index >= 15 is 0 Å². The van der Waals surface area contributed by atoms with E-state index in [4.69, 9.17) is 9.47 Å². The van der Waals surface area contributed by atoms with Crippen LogP contribution in [0.3, 0.4) is 0 Å². The molecule has 3 rings (SSSR count). The van der Waals surface area contributed by atoms with Crippen LogP contribution in [0.25, 0.3) is 0 Å². The summed E-state index contributed by atoms with van der Waals surface area (Å²) < 4.78 is 11.5. The third-order valence-electron chi connectivity index (χ3n) is 3.35. The molecule has 1 aromatic rings. The molecule has 2 heterocycles. The highest BCUT2D eigenvalue weighted by Crippen LogP contribution is 2.41. The molecule has 3 nitrogen and oxygen atoms in total. The Labute approximate surface area is 95.8 Å². The van der Waals surface area contributed by atoms with E-state index in [2.05, 4.69) is 24.4 Å². The number of nitrogens with one attached hydrogen (secondary N) is 1. The van der Waals surface area contributed by atoms with Gasteiger partial charge in [0, 0.05) is 11.6 Å². The van der Waals surface area contributed by atoms with Crippen LogP contribution in [0.15, 0.2) is 12.1 Å². The largest absolute Gasteiger partial charge is 0.486 e. The first-order valence-electron chi connectivity index (χ1n) is 5.99. The fourth-order valence-corrected chi connectivity index (χ4v) is 2.52. The normalized spacial score (nSPS) is 23.4. The minimum Gasteiger partial charge on any atom is -0.486 e. The summed E-state index contributed by atoms with van der Waals surface area (Å²) in [6, 6.07) is 4.74. The second-order valence-electron chi connectivity index (χ2n) is 4.48. The Balaban J connectivity index is 2.04. The number of hydrogen-bond acceptors (Lipinski definition) is 3. The predicted octanol–water partition coefficient (Wildman–Crippen LogP) is 2.19. The molecule has 1 unspecified atom stereocenters. The van der Waals surface area contributed by atoms with Crippen LogP contribution in [0.4, 0.5) is 0 Å². The lowest BCUT2D eigenvalue weighted by Crippen LogP contribution is -2.20. The van der Waals surface area contributed by atoms with Crippen LogP contribution < -0.4 is 14.8 Å². The fraction of sp³-hybridized carbons (Fsp3) is 0.538. The number of fused-ring (bicyclic) bond motifs is 1. The van der Waals surface area contributed by atoms with Crippen molar-refractivity contribution < 1.29 is 9.47 Å². The van der Waals surface area contributed by atoms with Crippen molar-refractivity contribution >= 4 is 0 Å². The van der Waals surface area contributed by atoms with Gasteiger partial charge in [0.2, 0.25) is 0 Å². The van der Waals surface area contributed by atoms with E-state index < -0.39 is 0 Å². The van der Waals surface area contributed by atoms with E-state index in [1.165, 1.54) is 18.4 Å². The van der Waals surface area contributed by atoms with E-state index in [0.717, 1.165) is 23.6 Å². The van der Waals surface area contributed by atoms with Crippen LogP contribution in [0.2, 0.25) is 0 Å². The van der Waals surface area contributed by atoms with E-state index in [1.807, 2.05) is 0 Å². The van der Waals surface area contributed by atoms with E-state index in [1.54, 1.807) is 0 Å². The number of rotatable bonds is 1. The molecular weight excluding hydrogens is 202 g/mol. The summed E-state index contributed by atoms with van der Waals surface area (Å²) in [6.45, 7) is 4.50. The molecule has 1 atom stereocenters. The molecule has 1 saturated heterocycles. The Morgan fingerprint density at radius 1 is 1.19 bits per heavy atom. The summed E-state index contributed by atoms with van der Waals surface area (Å²) in [5.74, 6) is 1.91. The molecule has 3 heteroatoms. The van der Waals surface area contributed by atoms with Crippen molar-refractivity contribution in [2.24, 2.45) is 0 Å². The zero-order valence-electron chi connectivity index (χ0n) is 9.58. The summed E-state index contributed by atoms with van der Waals surface area (Å²) in [7, 11) is 0. The van der Waals surface area contributed by atoms with Gasteiger partial charge in [0.05, 0.1) is 0 Å². The Morgan fingerprint density at radius 2 is 2.00 bits per heavy atom. The SMILES string of the molecule is Cc1ccc(C2CCCN2)c2c1OCCO2. The van der Waals surface area contributed by atoms with Crippen molar-refractivity contribution in [1.29, 1.82) is 0 Å². The molecule has 0 radical (unpaired) electrons. The van der Waals surface area contributed by atoms with Gasteiger partial charge >= 0.3 is 0 Å². The zero-order chi connectivity index (χ0) is 11.0. The topological polar surface area (TPSA) is 30.5 Å². The van der Waals surface area contributed by atoms with Crippen LogP contribution in [-0.4, -0.2) is 19.8 Å². The molecule has 0 saturated carbocycles. The second-order valence-corrected chi connectivity index (χ2v) is 4.48. The maximum Gasteiger partial charge on any atom is 0.166 e. The Hall–Kier alpha value is -1.22. The summed E-state index contributed by atoms with van der Waals surface area (Å²) in [4.78, 5) is 0. The zero-order valence-corrected chi connectivity index (χ0v) is 9.58. The molecule has 0 bridgehead atoms. The highest BCUT2D eigenvalue weighted by molar-refractivity contribution is 5.53. The first kappa shape index (κ1) is 9.97. The predicted molar refractivity (Wildman–Crippen MR) is 62.1 cm³/mol. The summed E-state index contributed by atoms with van der Waals surface area (Å²) >= 11 is 0. The number of hydrogen-bond donors (Lipinski definition) is 1. The first-order chi connectivity index (χ1) is 7.86. The average Bonchev–Trinajstić information content (AvgIpc) is 2.83. The number of aryl methyl sites for hydroxylation is 1. The molecule has 0 aromatic heterocycles. The summed E-state index contributed by atoms with van der Waals surface area (Å²) in [5, 5.41) is 3.51. The van der Waals surface area contributed by atoms with E-state index in [9.17, 15) is 0 Å². The van der Waals surface area contributed by atoms with Crippen molar-refractivity contribution in [3.63, 3.8) is 0 Å². The highest BCUT2D eigenvalue weighted by Gasteiger charge is 2.25. The monoisotopic (exact) mass is 219 g/mol. The van der Waals surface area contributed by atoms with Crippen LogP contribution in [0.5, 0.6) is 11.5 Å². The molecule has 2 aliphatic heterocycles. The molecule has 1 fully saturated rings. The third-order valence-corrected chi connectivity index (χ3v) is 3.35. The smallest absolute Gasteiger partial charge is 0.166 e. The summed E-state index contributed by atoms with van der Waals surface area (Å²) in [6.07, 6.45) is 2.44. The second kappa shape index (κ2) is 3.98. The van der Waals surface area contributed by atoms with Gasteiger partial charge in [-0.1, -0.05) is 12.1 Å². The molecule has 0 aliphatic carbocycles. The van der Waals surface area contributed by atoms with Gasteiger partial charge in [0.25, 0.3) is 0 Å². The van der Waals surface area contributed by atoms with Crippen molar-refractivity contribution in [2.45, 2.75) is 25.8 Å². The van der Waals surface area contributed by atoms with Gasteiger partial charge in [-0.15, -0.1) is 0 Å². The van der Waals surface area contributed by atoms with Crippen LogP contribution in [-0.2, 0) is 0 Å². The third kappa shape index (κ3) is 1.55. The van der Waals surface area contributed by atoms with Gasteiger partial charge < -0.3 is 14.8 Å². The van der Waals surface area contributed by atoms with Crippen LogP contribution in [0, 0.1) is 6.92 Å². The van der Waals surface area contributed by atoms with Gasteiger partial charge in [0.1, 0.15) is 13.2 Å². The molecule has 1 aromatic carbocycles. The van der Waals surface area contributed by atoms with Crippen LogP contribution >= 0.6 is 0 Å². The van der Waals surface area contributed by atoms with E-state index in [-0.39, 0.29) is 0 Å². The van der Waals surface area contributed by atoms with Crippen molar-refractivity contribution in [3.05, 3.63) is 23.3 Å². The lowest BCUT2D eigenvalue weighted by atomic mass is 10.0.